The third-order valence-electron chi connectivity index (χ3n) is 5.91. The van der Waals surface area contributed by atoms with Crippen LogP contribution < -0.4 is 14.4 Å². The fourth-order valence-corrected chi connectivity index (χ4v) is 4.35. The van der Waals surface area contributed by atoms with Crippen LogP contribution in [0.2, 0.25) is 0 Å². The van der Waals surface area contributed by atoms with Gasteiger partial charge in [-0.2, -0.15) is 0 Å². The Hall–Kier alpha value is -2.47. The van der Waals surface area contributed by atoms with Crippen molar-refractivity contribution in [1.29, 1.82) is 0 Å². The third kappa shape index (κ3) is 3.99. The van der Waals surface area contributed by atoms with Gasteiger partial charge in [0.2, 0.25) is 0 Å². The third-order valence-corrected chi connectivity index (χ3v) is 5.91. The Balaban J connectivity index is 1.61. The number of hydrogen-bond donors (Lipinski definition) is 1. The average molecular weight is 397 g/mol. The summed E-state index contributed by atoms with van der Waals surface area (Å²) in [6.07, 6.45) is 5.56. The van der Waals surface area contributed by atoms with Crippen LogP contribution in [0.1, 0.15) is 33.1 Å². The standard InChI is InChI=1S/C23H32N4O2/c1-4-27(5-2)23-22-17-15-20(28-3)21(16-19(17)25-18(22)9-10-24-23)29-14-8-13-26-11-6-7-12-26/h9-10,15-16,25H,4-8,11-14H2,1-3H3. The van der Waals surface area contributed by atoms with E-state index < -0.39 is 0 Å². The van der Waals surface area contributed by atoms with E-state index in [9.17, 15) is 0 Å². The molecule has 0 unspecified atom stereocenters. The summed E-state index contributed by atoms with van der Waals surface area (Å²) < 4.78 is 11.8. The molecule has 29 heavy (non-hydrogen) atoms. The molecular weight excluding hydrogens is 364 g/mol. The number of hydrogen-bond acceptors (Lipinski definition) is 5. The quantitative estimate of drug-likeness (QED) is 0.542. The van der Waals surface area contributed by atoms with Gasteiger partial charge >= 0.3 is 0 Å². The van der Waals surface area contributed by atoms with Crippen molar-refractivity contribution in [1.82, 2.24) is 14.9 Å². The first-order valence-electron chi connectivity index (χ1n) is 10.8. The van der Waals surface area contributed by atoms with Crippen molar-refractivity contribution in [2.24, 2.45) is 0 Å². The lowest BCUT2D eigenvalue weighted by Gasteiger charge is -2.20. The van der Waals surface area contributed by atoms with Crippen LogP contribution in [0.4, 0.5) is 5.82 Å². The number of nitrogens with one attached hydrogen (secondary N) is 1. The number of aromatic amines is 1. The van der Waals surface area contributed by atoms with Crippen molar-refractivity contribution in [2.45, 2.75) is 33.1 Å². The second kappa shape index (κ2) is 8.91. The van der Waals surface area contributed by atoms with Gasteiger partial charge in [-0.25, -0.2) is 4.98 Å². The Labute approximate surface area is 172 Å². The van der Waals surface area contributed by atoms with Gasteiger partial charge in [0.05, 0.1) is 30.1 Å². The fourth-order valence-electron chi connectivity index (χ4n) is 4.35. The topological polar surface area (TPSA) is 53.6 Å². The van der Waals surface area contributed by atoms with E-state index in [4.69, 9.17) is 9.47 Å². The summed E-state index contributed by atoms with van der Waals surface area (Å²) in [6.45, 7) is 10.4. The number of benzene rings is 1. The molecule has 6 heteroatoms. The van der Waals surface area contributed by atoms with Crippen LogP contribution in [-0.2, 0) is 0 Å². The summed E-state index contributed by atoms with van der Waals surface area (Å²) in [5.74, 6) is 2.58. The number of anilines is 1. The van der Waals surface area contributed by atoms with Crippen molar-refractivity contribution in [3.63, 3.8) is 0 Å². The van der Waals surface area contributed by atoms with Crippen LogP contribution in [0.15, 0.2) is 24.4 Å². The number of fused-ring (bicyclic) bond motifs is 3. The zero-order valence-electron chi connectivity index (χ0n) is 17.8. The normalized spacial score (nSPS) is 14.7. The lowest BCUT2D eigenvalue weighted by Crippen LogP contribution is -2.23. The lowest BCUT2D eigenvalue weighted by atomic mass is 10.1. The smallest absolute Gasteiger partial charge is 0.163 e. The average Bonchev–Trinajstić information content (AvgIpc) is 3.39. The van der Waals surface area contributed by atoms with Gasteiger partial charge in [0.1, 0.15) is 5.82 Å². The molecule has 0 aliphatic carbocycles. The highest BCUT2D eigenvalue weighted by Crippen LogP contribution is 2.38. The van der Waals surface area contributed by atoms with E-state index in [0.29, 0.717) is 6.61 Å². The van der Waals surface area contributed by atoms with Crippen molar-refractivity contribution < 1.29 is 9.47 Å². The van der Waals surface area contributed by atoms with Crippen molar-refractivity contribution in [3.05, 3.63) is 24.4 Å². The molecular formula is C23H32N4O2. The first kappa shape index (κ1) is 19.8. The van der Waals surface area contributed by atoms with Crippen LogP contribution in [0.5, 0.6) is 11.5 Å². The zero-order valence-corrected chi connectivity index (χ0v) is 17.8. The molecule has 3 aromatic rings. The SMILES string of the molecule is CCN(CC)c1nccc2[nH]c3cc(OCCCN4CCCC4)c(OC)cc3c12. The van der Waals surface area contributed by atoms with Gasteiger partial charge in [-0.3, -0.25) is 0 Å². The van der Waals surface area contributed by atoms with Gasteiger partial charge in [-0.1, -0.05) is 0 Å². The molecule has 0 saturated carbocycles. The molecule has 0 bridgehead atoms. The van der Waals surface area contributed by atoms with Gasteiger partial charge in [0.15, 0.2) is 11.5 Å². The number of H-pyrrole nitrogens is 1. The first-order valence-corrected chi connectivity index (χ1v) is 10.8. The second-order valence-electron chi connectivity index (χ2n) is 7.65. The Bertz CT molecular complexity index is 958. The summed E-state index contributed by atoms with van der Waals surface area (Å²) in [7, 11) is 1.71. The first-order chi connectivity index (χ1) is 14.2. The van der Waals surface area contributed by atoms with E-state index in [1.165, 1.54) is 25.9 Å². The molecule has 6 nitrogen and oxygen atoms in total. The Morgan fingerprint density at radius 2 is 1.90 bits per heavy atom. The van der Waals surface area contributed by atoms with E-state index in [2.05, 4.69) is 45.7 Å². The van der Waals surface area contributed by atoms with E-state index >= 15 is 0 Å². The van der Waals surface area contributed by atoms with Gasteiger partial charge in [-0.05, 0) is 58.3 Å². The predicted molar refractivity (Wildman–Crippen MR) is 119 cm³/mol. The Morgan fingerprint density at radius 1 is 1.10 bits per heavy atom. The molecule has 1 aromatic carbocycles. The highest BCUT2D eigenvalue weighted by molar-refractivity contribution is 6.13. The largest absolute Gasteiger partial charge is 0.493 e. The summed E-state index contributed by atoms with van der Waals surface area (Å²) in [5, 5.41) is 2.27. The molecule has 3 heterocycles. The monoisotopic (exact) mass is 396 g/mol. The maximum absolute atomic E-state index is 6.11. The van der Waals surface area contributed by atoms with Gasteiger partial charge in [-0.15, -0.1) is 0 Å². The summed E-state index contributed by atoms with van der Waals surface area (Å²) in [5.41, 5.74) is 2.14. The highest BCUT2D eigenvalue weighted by Gasteiger charge is 2.17. The molecule has 156 valence electrons. The molecule has 0 spiro atoms. The fraction of sp³-hybridized carbons (Fsp3) is 0.522. The van der Waals surface area contributed by atoms with Gasteiger partial charge in [0, 0.05) is 37.3 Å². The zero-order chi connectivity index (χ0) is 20.2. The molecule has 1 fully saturated rings. The van der Waals surface area contributed by atoms with E-state index in [1.54, 1.807) is 7.11 Å². The summed E-state index contributed by atoms with van der Waals surface area (Å²) in [6, 6.07) is 6.18. The number of aromatic nitrogens is 2. The van der Waals surface area contributed by atoms with Crippen LogP contribution >= 0.6 is 0 Å². The molecule has 1 aliphatic heterocycles. The molecule has 2 aromatic heterocycles. The Kier molecular flexibility index (Phi) is 6.09. The van der Waals surface area contributed by atoms with E-state index in [0.717, 1.165) is 65.2 Å². The number of ether oxygens (including phenoxy) is 2. The number of rotatable bonds is 9. The van der Waals surface area contributed by atoms with Crippen LogP contribution in [0.3, 0.4) is 0 Å². The maximum atomic E-state index is 6.11. The maximum Gasteiger partial charge on any atom is 0.163 e. The second-order valence-corrected chi connectivity index (χ2v) is 7.65. The highest BCUT2D eigenvalue weighted by atomic mass is 16.5. The predicted octanol–water partition coefficient (Wildman–Crippen LogP) is 4.44. The molecule has 4 rings (SSSR count). The van der Waals surface area contributed by atoms with E-state index in [1.807, 2.05) is 12.3 Å². The van der Waals surface area contributed by atoms with Crippen LogP contribution in [0, 0.1) is 0 Å². The van der Waals surface area contributed by atoms with Crippen molar-refractivity contribution in [3.8, 4) is 11.5 Å². The van der Waals surface area contributed by atoms with Gasteiger partial charge < -0.3 is 24.3 Å². The van der Waals surface area contributed by atoms with Crippen molar-refractivity contribution >= 4 is 27.6 Å². The minimum absolute atomic E-state index is 0.699. The number of nitrogens with zero attached hydrogens (tertiary/aromatic N) is 3. The number of likely N-dealkylation sites (tertiary alicyclic amines) is 1. The number of methoxy groups -OCH3 is 1. The van der Waals surface area contributed by atoms with Crippen LogP contribution in [0.25, 0.3) is 21.8 Å². The number of pyridine rings is 1. The summed E-state index contributed by atoms with van der Waals surface area (Å²) in [4.78, 5) is 13.0. The Morgan fingerprint density at radius 3 is 2.62 bits per heavy atom. The molecule has 0 radical (unpaired) electrons. The van der Waals surface area contributed by atoms with Crippen molar-refractivity contribution in [2.75, 3.05) is 51.3 Å². The van der Waals surface area contributed by atoms with Gasteiger partial charge in [0.25, 0.3) is 0 Å². The minimum Gasteiger partial charge on any atom is -0.493 e. The van der Waals surface area contributed by atoms with Crippen LogP contribution in [-0.4, -0.2) is 61.3 Å². The lowest BCUT2D eigenvalue weighted by molar-refractivity contribution is 0.254. The minimum atomic E-state index is 0.699. The molecule has 1 saturated heterocycles. The summed E-state index contributed by atoms with van der Waals surface area (Å²) >= 11 is 0. The molecule has 1 N–H and O–H groups in total. The molecule has 0 amide bonds. The molecule has 1 aliphatic rings. The molecule has 0 atom stereocenters. The van der Waals surface area contributed by atoms with E-state index in [-0.39, 0.29) is 0 Å².